The fourth-order valence-corrected chi connectivity index (χ4v) is 2.43. The Hall–Kier alpha value is -0.830. The van der Waals surface area contributed by atoms with Crippen molar-refractivity contribution in [2.45, 2.75) is 45.7 Å². The predicted molar refractivity (Wildman–Crippen MR) is 61.6 cm³/mol. The zero-order chi connectivity index (χ0) is 10.7. The molecule has 1 N–H and O–H groups in total. The van der Waals surface area contributed by atoms with E-state index in [4.69, 9.17) is 0 Å². The van der Waals surface area contributed by atoms with E-state index in [1.54, 1.807) is 0 Å². The number of nitrogens with one attached hydrogen (secondary N) is 1. The molecular formula is C12H21N3. The Balaban J connectivity index is 1.67. The van der Waals surface area contributed by atoms with Gasteiger partial charge in [-0.2, -0.15) is 0 Å². The first-order valence-corrected chi connectivity index (χ1v) is 5.85. The van der Waals surface area contributed by atoms with E-state index in [1.807, 2.05) is 18.7 Å². The highest BCUT2D eigenvalue weighted by Gasteiger charge is 2.30. The van der Waals surface area contributed by atoms with E-state index in [1.165, 1.54) is 19.3 Å². The van der Waals surface area contributed by atoms with Crippen LogP contribution in [0.5, 0.6) is 0 Å². The molecule has 0 saturated heterocycles. The van der Waals surface area contributed by atoms with Crippen molar-refractivity contribution in [3.05, 3.63) is 18.7 Å². The summed E-state index contributed by atoms with van der Waals surface area (Å²) in [5, 5.41) is 3.63. The number of rotatable bonds is 4. The quantitative estimate of drug-likeness (QED) is 0.819. The summed E-state index contributed by atoms with van der Waals surface area (Å²) in [7, 11) is 0. The van der Waals surface area contributed by atoms with Crippen LogP contribution in [0.1, 0.15) is 33.1 Å². The maximum absolute atomic E-state index is 4.03. The molecule has 0 bridgehead atoms. The third kappa shape index (κ3) is 3.06. The largest absolute Gasteiger partial charge is 0.336 e. The summed E-state index contributed by atoms with van der Waals surface area (Å²) in [6.45, 7) is 6.81. The van der Waals surface area contributed by atoms with Crippen LogP contribution in [0, 0.1) is 5.41 Å². The van der Waals surface area contributed by atoms with Crippen LogP contribution in [0.25, 0.3) is 0 Å². The van der Waals surface area contributed by atoms with E-state index < -0.39 is 0 Å². The zero-order valence-corrected chi connectivity index (χ0v) is 9.74. The van der Waals surface area contributed by atoms with Crippen LogP contribution in [0.2, 0.25) is 0 Å². The summed E-state index contributed by atoms with van der Waals surface area (Å²) in [6, 6.07) is 0.725. The number of hydrogen-bond donors (Lipinski definition) is 1. The van der Waals surface area contributed by atoms with Crippen molar-refractivity contribution in [2.75, 3.05) is 6.54 Å². The van der Waals surface area contributed by atoms with E-state index >= 15 is 0 Å². The molecule has 15 heavy (non-hydrogen) atoms. The van der Waals surface area contributed by atoms with Gasteiger partial charge in [0, 0.05) is 31.5 Å². The molecule has 1 aliphatic rings. The highest BCUT2D eigenvalue weighted by atomic mass is 15.0. The standard InChI is InChI=1S/C12H21N3/c1-12(2)4-3-11(9-12)14-6-8-15-7-5-13-10-15/h5,7,10-11,14H,3-4,6,8-9H2,1-2H3. The summed E-state index contributed by atoms with van der Waals surface area (Å²) in [6.07, 6.45) is 9.73. The van der Waals surface area contributed by atoms with Crippen molar-refractivity contribution in [1.82, 2.24) is 14.9 Å². The van der Waals surface area contributed by atoms with Gasteiger partial charge in [-0.25, -0.2) is 4.98 Å². The molecule has 1 aliphatic carbocycles. The van der Waals surface area contributed by atoms with E-state index in [0.29, 0.717) is 5.41 Å². The Bertz CT molecular complexity index is 290. The molecule has 0 aliphatic heterocycles. The maximum atomic E-state index is 4.03. The molecule has 0 amide bonds. The molecule has 0 aromatic carbocycles. The van der Waals surface area contributed by atoms with Crippen LogP contribution in [0.4, 0.5) is 0 Å². The molecule has 1 saturated carbocycles. The molecule has 1 unspecified atom stereocenters. The third-order valence-electron chi connectivity index (χ3n) is 3.33. The van der Waals surface area contributed by atoms with Gasteiger partial charge in [0.1, 0.15) is 0 Å². The zero-order valence-electron chi connectivity index (χ0n) is 9.74. The highest BCUT2D eigenvalue weighted by Crippen LogP contribution is 2.36. The Morgan fingerprint density at radius 1 is 1.53 bits per heavy atom. The molecule has 3 heteroatoms. The minimum Gasteiger partial charge on any atom is -0.336 e. The molecule has 2 rings (SSSR count). The van der Waals surface area contributed by atoms with Gasteiger partial charge in [-0.3, -0.25) is 0 Å². The summed E-state index contributed by atoms with van der Waals surface area (Å²) < 4.78 is 2.12. The van der Waals surface area contributed by atoms with E-state index in [9.17, 15) is 0 Å². The minimum atomic E-state index is 0.548. The molecule has 1 heterocycles. The molecule has 1 aromatic heterocycles. The number of nitrogens with zero attached hydrogens (tertiary/aromatic N) is 2. The molecular weight excluding hydrogens is 186 g/mol. The van der Waals surface area contributed by atoms with Crippen molar-refractivity contribution in [3.63, 3.8) is 0 Å². The lowest BCUT2D eigenvalue weighted by molar-refractivity contribution is 0.363. The lowest BCUT2D eigenvalue weighted by Crippen LogP contribution is -2.30. The summed E-state index contributed by atoms with van der Waals surface area (Å²) in [4.78, 5) is 4.03. The summed E-state index contributed by atoms with van der Waals surface area (Å²) in [5.41, 5.74) is 0.548. The van der Waals surface area contributed by atoms with Crippen molar-refractivity contribution < 1.29 is 0 Å². The van der Waals surface area contributed by atoms with Crippen LogP contribution >= 0.6 is 0 Å². The smallest absolute Gasteiger partial charge is 0.0946 e. The van der Waals surface area contributed by atoms with Crippen LogP contribution in [0.3, 0.4) is 0 Å². The Morgan fingerprint density at radius 3 is 3.00 bits per heavy atom. The average molecular weight is 207 g/mol. The normalized spacial score (nSPS) is 24.5. The van der Waals surface area contributed by atoms with Crippen molar-refractivity contribution in [1.29, 1.82) is 0 Å². The second-order valence-corrected chi connectivity index (χ2v) is 5.36. The van der Waals surface area contributed by atoms with Gasteiger partial charge < -0.3 is 9.88 Å². The number of hydrogen-bond acceptors (Lipinski definition) is 2. The van der Waals surface area contributed by atoms with Crippen LogP contribution in [-0.4, -0.2) is 22.1 Å². The molecule has 1 aromatic rings. The average Bonchev–Trinajstić information content (AvgIpc) is 2.76. The fraction of sp³-hybridized carbons (Fsp3) is 0.750. The SMILES string of the molecule is CC1(C)CCC(NCCn2ccnc2)C1. The monoisotopic (exact) mass is 207 g/mol. The topological polar surface area (TPSA) is 29.9 Å². The summed E-state index contributed by atoms with van der Waals surface area (Å²) >= 11 is 0. The van der Waals surface area contributed by atoms with Crippen molar-refractivity contribution in [3.8, 4) is 0 Å². The van der Waals surface area contributed by atoms with Crippen molar-refractivity contribution in [2.24, 2.45) is 5.41 Å². The van der Waals surface area contributed by atoms with Gasteiger partial charge >= 0.3 is 0 Å². The number of aromatic nitrogens is 2. The molecule has 0 spiro atoms. The Labute approximate surface area is 91.9 Å². The Kier molecular flexibility index (Phi) is 3.10. The predicted octanol–water partition coefficient (Wildman–Crippen LogP) is 2.05. The first-order valence-electron chi connectivity index (χ1n) is 5.85. The maximum Gasteiger partial charge on any atom is 0.0946 e. The lowest BCUT2D eigenvalue weighted by atomic mass is 9.92. The molecule has 3 nitrogen and oxygen atoms in total. The second kappa shape index (κ2) is 4.35. The third-order valence-corrected chi connectivity index (χ3v) is 3.33. The second-order valence-electron chi connectivity index (χ2n) is 5.36. The van der Waals surface area contributed by atoms with Gasteiger partial charge in [0.05, 0.1) is 6.33 Å². The fourth-order valence-electron chi connectivity index (χ4n) is 2.43. The van der Waals surface area contributed by atoms with Gasteiger partial charge in [-0.15, -0.1) is 0 Å². The molecule has 0 radical (unpaired) electrons. The Morgan fingerprint density at radius 2 is 2.40 bits per heavy atom. The van der Waals surface area contributed by atoms with E-state index in [2.05, 4.69) is 28.7 Å². The van der Waals surface area contributed by atoms with Gasteiger partial charge in [0.15, 0.2) is 0 Å². The van der Waals surface area contributed by atoms with Gasteiger partial charge in [0.25, 0.3) is 0 Å². The lowest BCUT2D eigenvalue weighted by Gasteiger charge is -2.17. The molecule has 1 fully saturated rings. The summed E-state index contributed by atoms with van der Waals surface area (Å²) in [5.74, 6) is 0. The van der Waals surface area contributed by atoms with Gasteiger partial charge in [-0.1, -0.05) is 13.8 Å². The van der Waals surface area contributed by atoms with Crippen LogP contribution in [-0.2, 0) is 6.54 Å². The van der Waals surface area contributed by atoms with Crippen LogP contribution in [0.15, 0.2) is 18.7 Å². The van der Waals surface area contributed by atoms with Crippen molar-refractivity contribution >= 4 is 0 Å². The van der Waals surface area contributed by atoms with Gasteiger partial charge in [-0.05, 0) is 24.7 Å². The number of imidazole rings is 1. The van der Waals surface area contributed by atoms with Gasteiger partial charge in [0.2, 0.25) is 0 Å². The minimum absolute atomic E-state index is 0.548. The first kappa shape index (κ1) is 10.7. The first-order chi connectivity index (χ1) is 7.16. The van der Waals surface area contributed by atoms with E-state index in [0.717, 1.165) is 19.1 Å². The van der Waals surface area contributed by atoms with E-state index in [-0.39, 0.29) is 0 Å². The molecule has 1 atom stereocenters. The highest BCUT2D eigenvalue weighted by molar-refractivity contribution is 4.86. The van der Waals surface area contributed by atoms with Crippen LogP contribution < -0.4 is 5.32 Å². The molecule has 84 valence electrons.